The molecule has 6 nitrogen and oxygen atoms in total. The van der Waals surface area contributed by atoms with Crippen molar-refractivity contribution in [3.63, 3.8) is 0 Å². The number of benzene rings is 1. The molecule has 0 saturated heterocycles. The summed E-state index contributed by atoms with van der Waals surface area (Å²) in [6, 6.07) is 9.24. The lowest BCUT2D eigenvalue weighted by Gasteiger charge is -2.34. The van der Waals surface area contributed by atoms with E-state index in [1.807, 2.05) is 32.2 Å². The molecule has 0 aliphatic heterocycles. The van der Waals surface area contributed by atoms with E-state index in [0.29, 0.717) is 0 Å². The second-order valence-electron chi connectivity index (χ2n) is 9.72. The Morgan fingerprint density at radius 3 is 2.48 bits per heavy atom. The molecule has 0 spiro atoms. The average molecular weight is 444 g/mol. The molecule has 1 N–H and O–H groups in total. The van der Waals surface area contributed by atoms with Gasteiger partial charge in [-0.2, -0.15) is 0 Å². The standard InChI is InChI=1S/C27H29N3O3/c1-17-24(18(2)33-29-17)21-13-23-25(28-14-21)22(19-7-9-20(10-8-19)26(31)32)15-30(23)16-27(3)11-5-4-6-12-27/h7-10,13-15H,4-6,11-12,16H2,1-3H3,(H,31,32). The quantitative estimate of drug-likeness (QED) is 0.374. The molecule has 1 fully saturated rings. The summed E-state index contributed by atoms with van der Waals surface area (Å²) in [5, 5.41) is 13.4. The number of rotatable bonds is 5. The van der Waals surface area contributed by atoms with Crippen LogP contribution in [0.2, 0.25) is 0 Å². The van der Waals surface area contributed by atoms with Crippen molar-refractivity contribution in [1.82, 2.24) is 14.7 Å². The van der Waals surface area contributed by atoms with Gasteiger partial charge < -0.3 is 14.2 Å². The van der Waals surface area contributed by atoms with Gasteiger partial charge in [-0.1, -0.05) is 43.5 Å². The molecule has 3 heterocycles. The molecule has 0 amide bonds. The number of carboxylic acids is 1. The van der Waals surface area contributed by atoms with Crippen molar-refractivity contribution in [3.8, 4) is 22.3 Å². The van der Waals surface area contributed by atoms with Gasteiger partial charge in [-0.15, -0.1) is 0 Å². The van der Waals surface area contributed by atoms with E-state index in [0.717, 1.165) is 51.3 Å². The summed E-state index contributed by atoms with van der Waals surface area (Å²) >= 11 is 0. The van der Waals surface area contributed by atoms with Crippen LogP contribution in [0.3, 0.4) is 0 Å². The molecule has 1 aliphatic carbocycles. The molecule has 4 aromatic rings. The van der Waals surface area contributed by atoms with Gasteiger partial charge in [0.25, 0.3) is 0 Å². The van der Waals surface area contributed by atoms with Crippen LogP contribution in [-0.4, -0.2) is 25.8 Å². The lowest BCUT2D eigenvalue weighted by Crippen LogP contribution is -2.25. The van der Waals surface area contributed by atoms with Gasteiger partial charge in [-0.3, -0.25) is 4.98 Å². The van der Waals surface area contributed by atoms with Gasteiger partial charge in [0.15, 0.2) is 0 Å². The number of hydrogen-bond donors (Lipinski definition) is 1. The summed E-state index contributed by atoms with van der Waals surface area (Å²) < 4.78 is 7.75. The SMILES string of the molecule is Cc1noc(C)c1-c1cnc2c(-c3ccc(C(=O)O)cc3)cn(CC3(C)CCCCC3)c2c1. The average Bonchev–Trinajstić information content (AvgIpc) is 3.33. The van der Waals surface area contributed by atoms with Gasteiger partial charge in [0, 0.05) is 35.6 Å². The minimum atomic E-state index is -0.920. The molecular formula is C27H29N3O3. The van der Waals surface area contributed by atoms with Crippen molar-refractivity contribution in [2.75, 3.05) is 0 Å². The predicted molar refractivity (Wildman–Crippen MR) is 128 cm³/mol. The van der Waals surface area contributed by atoms with Crippen LogP contribution in [0, 0.1) is 19.3 Å². The summed E-state index contributed by atoms with van der Waals surface area (Å²) in [6.45, 7) is 7.21. The maximum absolute atomic E-state index is 11.3. The molecule has 0 bridgehead atoms. The summed E-state index contributed by atoms with van der Waals surface area (Å²) in [5.74, 6) is -0.132. The first kappa shape index (κ1) is 21.4. The van der Waals surface area contributed by atoms with E-state index in [1.54, 1.807) is 12.1 Å². The Morgan fingerprint density at radius 1 is 1.12 bits per heavy atom. The molecule has 1 saturated carbocycles. The zero-order valence-corrected chi connectivity index (χ0v) is 19.4. The van der Waals surface area contributed by atoms with Crippen LogP contribution in [-0.2, 0) is 6.54 Å². The highest BCUT2D eigenvalue weighted by Gasteiger charge is 2.28. The van der Waals surface area contributed by atoms with Crippen LogP contribution in [0.5, 0.6) is 0 Å². The van der Waals surface area contributed by atoms with Crippen LogP contribution >= 0.6 is 0 Å². The van der Waals surface area contributed by atoms with Crippen molar-refractivity contribution in [3.05, 3.63) is 59.7 Å². The first-order valence-electron chi connectivity index (χ1n) is 11.6. The van der Waals surface area contributed by atoms with Crippen LogP contribution in [0.1, 0.15) is 60.8 Å². The number of aryl methyl sites for hydroxylation is 2. The van der Waals surface area contributed by atoms with Crippen LogP contribution in [0.15, 0.2) is 47.2 Å². The molecule has 3 aromatic heterocycles. The summed E-state index contributed by atoms with van der Waals surface area (Å²) in [6.07, 6.45) is 10.4. The van der Waals surface area contributed by atoms with Gasteiger partial charge in [0.05, 0.1) is 22.3 Å². The van der Waals surface area contributed by atoms with Crippen molar-refractivity contribution in [1.29, 1.82) is 0 Å². The number of nitrogens with zero attached hydrogens (tertiary/aromatic N) is 3. The fourth-order valence-electron chi connectivity index (χ4n) is 5.31. The van der Waals surface area contributed by atoms with E-state index in [2.05, 4.69) is 28.9 Å². The third-order valence-electron chi connectivity index (χ3n) is 7.09. The zero-order chi connectivity index (χ0) is 23.2. The summed E-state index contributed by atoms with van der Waals surface area (Å²) in [5.41, 5.74) is 7.38. The van der Waals surface area contributed by atoms with Gasteiger partial charge >= 0.3 is 5.97 Å². The van der Waals surface area contributed by atoms with E-state index in [1.165, 1.54) is 32.1 Å². The summed E-state index contributed by atoms with van der Waals surface area (Å²) in [7, 11) is 0. The molecule has 0 atom stereocenters. The lowest BCUT2D eigenvalue weighted by molar-refractivity contribution is 0.0697. The fraction of sp³-hybridized carbons (Fsp3) is 0.370. The van der Waals surface area contributed by atoms with Gasteiger partial charge in [0.2, 0.25) is 0 Å². The topological polar surface area (TPSA) is 81.2 Å². The number of carboxylic acid groups (broad SMARTS) is 1. The fourth-order valence-corrected chi connectivity index (χ4v) is 5.31. The Hall–Kier alpha value is -3.41. The Kier molecular flexibility index (Phi) is 5.31. The number of hydrogen-bond acceptors (Lipinski definition) is 4. The Morgan fingerprint density at radius 2 is 1.85 bits per heavy atom. The second-order valence-corrected chi connectivity index (χ2v) is 9.72. The van der Waals surface area contributed by atoms with Crippen LogP contribution in [0.25, 0.3) is 33.3 Å². The number of aromatic carboxylic acids is 1. The predicted octanol–water partition coefficient (Wildman–Crippen LogP) is 6.64. The highest BCUT2D eigenvalue weighted by Crippen LogP contribution is 2.40. The number of aromatic nitrogens is 3. The molecule has 1 aliphatic rings. The van der Waals surface area contributed by atoms with E-state index >= 15 is 0 Å². The molecule has 33 heavy (non-hydrogen) atoms. The highest BCUT2D eigenvalue weighted by molar-refractivity contribution is 5.96. The third-order valence-corrected chi connectivity index (χ3v) is 7.09. The van der Waals surface area contributed by atoms with Gasteiger partial charge in [-0.25, -0.2) is 4.79 Å². The molecule has 0 radical (unpaired) electrons. The van der Waals surface area contributed by atoms with Crippen molar-refractivity contribution < 1.29 is 14.4 Å². The maximum atomic E-state index is 11.3. The first-order chi connectivity index (χ1) is 15.8. The smallest absolute Gasteiger partial charge is 0.335 e. The minimum absolute atomic E-state index is 0.258. The first-order valence-corrected chi connectivity index (χ1v) is 11.6. The van der Waals surface area contributed by atoms with Crippen molar-refractivity contribution in [2.24, 2.45) is 5.41 Å². The molecule has 170 valence electrons. The third kappa shape index (κ3) is 3.94. The zero-order valence-electron chi connectivity index (χ0n) is 19.4. The van der Waals surface area contributed by atoms with Crippen LogP contribution in [0.4, 0.5) is 0 Å². The molecular weight excluding hydrogens is 414 g/mol. The van der Waals surface area contributed by atoms with Gasteiger partial charge in [-0.05, 0) is 55.9 Å². The normalized spacial score (nSPS) is 15.7. The molecule has 5 rings (SSSR count). The minimum Gasteiger partial charge on any atom is -0.478 e. The Bertz CT molecular complexity index is 1310. The van der Waals surface area contributed by atoms with Crippen molar-refractivity contribution >= 4 is 17.0 Å². The largest absolute Gasteiger partial charge is 0.478 e. The van der Waals surface area contributed by atoms with E-state index in [4.69, 9.17) is 9.51 Å². The molecule has 6 heteroatoms. The van der Waals surface area contributed by atoms with Crippen molar-refractivity contribution in [2.45, 2.75) is 59.4 Å². The second kappa shape index (κ2) is 8.18. The monoisotopic (exact) mass is 443 g/mol. The molecule has 1 aromatic carbocycles. The molecule has 0 unspecified atom stereocenters. The Balaban J connectivity index is 1.65. The van der Waals surface area contributed by atoms with E-state index < -0.39 is 5.97 Å². The Labute approximate surface area is 193 Å². The number of carbonyl (C=O) groups is 1. The van der Waals surface area contributed by atoms with Gasteiger partial charge in [0.1, 0.15) is 5.76 Å². The lowest BCUT2D eigenvalue weighted by atomic mass is 9.75. The number of pyridine rings is 1. The number of fused-ring (bicyclic) bond motifs is 1. The maximum Gasteiger partial charge on any atom is 0.335 e. The van der Waals surface area contributed by atoms with Crippen LogP contribution < -0.4 is 0 Å². The van der Waals surface area contributed by atoms with E-state index in [-0.39, 0.29) is 11.0 Å². The van der Waals surface area contributed by atoms with E-state index in [9.17, 15) is 9.90 Å². The highest BCUT2D eigenvalue weighted by atomic mass is 16.5. The summed E-state index contributed by atoms with van der Waals surface area (Å²) in [4.78, 5) is 16.2.